The van der Waals surface area contributed by atoms with Crippen LogP contribution in [0, 0.1) is 29.1 Å². The summed E-state index contributed by atoms with van der Waals surface area (Å²) in [4.78, 5) is 27.6. The maximum Gasteiger partial charge on any atom is 0.441 e. The van der Waals surface area contributed by atoms with Crippen molar-refractivity contribution >= 4 is 29.3 Å². The van der Waals surface area contributed by atoms with Crippen LogP contribution in [0.15, 0.2) is 67.3 Å². The topological polar surface area (TPSA) is 146 Å². The van der Waals surface area contributed by atoms with E-state index < -0.39 is 0 Å². The van der Waals surface area contributed by atoms with E-state index >= 15 is 0 Å². The summed E-state index contributed by atoms with van der Waals surface area (Å²) in [6.07, 6.45) is 13.1. The van der Waals surface area contributed by atoms with E-state index in [-0.39, 0.29) is 11.9 Å². The smallest absolute Gasteiger partial charge is 0.381 e. The average molecular weight is 662 g/mol. The van der Waals surface area contributed by atoms with Crippen LogP contribution in [0.1, 0.15) is 56.6 Å². The Labute approximate surface area is 287 Å². The Kier molecular flexibility index (Phi) is 11.2. The van der Waals surface area contributed by atoms with E-state index in [4.69, 9.17) is 9.72 Å². The fraction of sp³-hybridized carbons (Fsp3) is 0.432. The molecule has 0 spiro atoms. The average Bonchev–Trinajstić information content (AvgIpc) is 3.60. The highest BCUT2D eigenvalue weighted by Gasteiger charge is 2.50. The molecule has 0 radical (unpaired) electrons. The van der Waals surface area contributed by atoms with Crippen molar-refractivity contribution in [2.24, 2.45) is 24.8 Å². The summed E-state index contributed by atoms with van der Waals surface area (Å²) in [6, 6.07) is 15.9. The van der Waals surface area contributed by atoms with Gasteiger partial charge in [0.1, 0.15) is 23.6 Å². The number of ether oxygens (including phenoxy) is 1. The van der Waals surface area contributed by atoms with E-state index in [0.29, 0.717) is 54.6 Å². The van der Waals surface area contributed by atoms with Crippen LogP contribution < -0.4 is 16.0 Å². The zero-order chi connectivity index (χ0) is 34.0. The second kappa shape index (κ2) is 16.3. The number of nitrogens with zero attached hydrogens (tertiary/aromatic N) is 7. The third-order valence-electron chi connectivity index (χ3n) is 9.20. The number of amides is 2. The molecule has 1 saturated carbocycles. The van der Waals surface area contributed by atoms with Gasteiger partial charge in [0.2, 0.25) is 5.95 Å². The number of pyridine rings is 1. The molecule has 4 aromatic rings. The van der Waals surface area contributed by atoms with Crippen molar-refractivity contribution in [1.29, 1.82) is 5.26 Å². The van der Waals surface area contributed by atoms with E-state index in [1.807, 2.05) is 68.1 Å². The first kappa shape index (κ1) is 33.7. The SMILES string of the molecule is CCCC1/C(=[N+](/C(=O)NCc2ccccc2)c2ccc(-c3cnn(C)c3)cn2)C1CCCNc1ncc(C#N)c(NCC2CCCOC2)n1. The number of hydrogen-bond acceptors (Lipinski definition) is 9. The van der Waals surface area contributed by atoms with Crippen molar-refractivity contribution in [1.82, 2.24) is 30.0 Å². The number of urea groups is 1. The van der Waals surface area contributed by atoms with E-state index in [0.717, 1.165) is 74.1 Å². The van der Waals surface area contributed by atoms with Gasteiger partial charge in [-0.1, -0.05) is 43.7 Å². The van der Waals surface area contributed by atoms with Crippen molar-refractivity contribution < 1.29 is 14.1 Å². The van der Waals surface area contributed by atoms with Crippen LogP contribution in [-0.4, -0.2) is 67.4 Å². The van der Waals surface area contributed by atoms with E-state index in [2.05, 4.69) is 44.0 Å². The highest BCUT2D eigenvalue weighted by Crippen LogP contribution is 2.43. The number of benzene rings is 1. The lowest BCUT2D eigenvalue weighted by Gasteiger charge is -2.22. The highest BCUT2D eigenvalue weighted by molar-refractivity contribution is 6.03. The quantitative estimate of drug-likeness (QED) is 0.111. The summed E-state index contributed by atoms with van der Waals surface area (Å²) < 4.78 is 9.15. The van der Waals surface area contributed by atoms with Crippen molar-refractivity contribution in [3.8, 4) is 17.2 Å². The fourth-order valence-electron chi connectivity index (χ4n) is 6.58. The molecule has 3 N–H and O–H groups in total. The molecule has 254 valence electrons. The molecule has 2 amide bonds. The minimum absolute atomic E-state index is 0.173. The monoisotopic (exact) mass is 661 g/mol. The van der Waals surface area contributed by atoms with Crippen LogP contribution in [0.25, 0.3) is 11.1 Å². The third-order valence-corrected chi connectivity index (χ3v) is 9.20. The summed E-state index contributed by atoms with van der Waals surface area (Å²) in [5.41, 5.74) is 4.50. The largest absolute Gasteiger partial charge is 0.441 e. The maximum absolute atomic E-state index is 13.9. The predicted molar refractivity (Wildman–Crippen MR) is 188 cm³/mol. The Balaban J connectivity index is 1.14. The molecule has 4 heterocycles. The molecule has 6 rings (SSSR count). The molecule has 12 heteroatoms. The minimum atomic E-state index is -0.173. The molecular weight excluding hydrogens is 616 g/mol. The van der Waals surface area contributed by atoms with Gasteiger partial charge in [0, 0.05) is 62.0 Å². The first-order valence-electron chi connectivity index (χ1n) is 17.3. The van der Waals surface area contributed by atoms with Crippen LogP contribution in [0.3, 0.4) is 0 Å². The molecule has 1 aliphatic carbocycles. The lowest BCUT2D eigenvalue weighted by atomic mass is 10.0. The molecule has 3 unspecified atom stereocenters. The van der Waals surface area contributed by atoms with Gasteiger partial charge in [0.05, 0.1) is 31.3 Å². The van der Waals surface area contributed by atoms with Crippen molar-refractivity contribution in [2.45, 2.75) is 52.0 Å². The van der Waals surface area contributed by atoms with Crippen LogP contribution in [0.2, 0.25) is 0 Å². The maximum atomic E-state index is 13.9. The Morgan fingerprint density at radius 3 is 2.63 bits per heavy atom. The van der Waals surface area contributed by atoms with Gasteiger partial charge < -0.3 is 15.4 Å². The Hall–Kier alpha value is -5.15. The summed E-state index contributed by atoms with van der Waals surface area (Å²) in [5, 5.41) is 23.7. The number of rotatable bonds is 14. The van der Waals surface area contributed by atoms with Crippen molar-refractivity contribution in [2.75, 3.05) is 36.9 Å². The second-order valence-corrected chi connectivity index (χ2v) is 12.8. The van der Waals surface area contributed by atoms with Gasteiger partial charge in [0.15, 0.2) is 0 Å². The molecular formula is C37H45N10O2+. The molecule has 1 saturated heterocycles. The molecule has 3 atom stereocenters. The second-order valence-electron chi connectivity index (χ2n) is 12.8. The number of anilines is 2. The molecule has 1 aromatic carbocycles. The lowest BCUT2D eigenvalue weighted by Crippen LogP contribution is -2.32. The van der Waals surface area contributed by atoms with Crippen LogP contribution >= 0.6 is 0 Å². The molecule has 1 aliphatic heterocycles. The highest BCUT2D eigenvalue weighted by atomic mass is 16.5. The van der Waals surface area contributed by atoms with Crippen LogP contribution in [-0.2, 0) is 18.3 Å². The van der Waals surface area contributed by atoms with Crippen LogP contribution in [0.4, 0.5) is 22.4 Å². The van der Waals surface area contributed by atoms with Gasteiger partial charge in [-0.2, -0.15) is 19.9 Å². The third kappa shape index (κ3) is 8.66. The molecule has 12 nitrogen and oxygen atoms in total. The molecule has 0 bridgehead atoms. The van der Waals surface area contributed by atoms with Gasteiger partial charge in [-0.25, -0.2) is 9.78 Å². The minimum Gasteiger partial charge on any atom is -0.381 e. The van der Waals surface area contributed by atoms with E-state index in [1.54, 1.807) is 15.5 Å². The fourth-order valence-corrected chi connectivity index (χ4v) is 6.58. The molecule has 2 fully saturated rings. The van der Waals surface area contributed by atoms with Gasteiger partial charge in [-0.3, -0.25) is 10.00 Å². The number of nitriles is 1. The zero-order valence-corrected chi connectivity index (χ0v) is 28.3. The molecule has 2 aliphatic rings. The number of carbonyl (C=O) groups is 1. The van der Waals surface area contributed by atoms with Crippen molar-refractivity contribution in [3.63, 3.8) is 0 Å². The Morgan fingerprint density at radius 2 is 1.92 bits per heavy atom. The standard InChI is InChI=1S/C37H44N10O2/c1-3-9-31-32(13-7-16-39-36-42-22-29(18-38)35(45-36)41-20-27-12-8-17-49-25-27)34(31)47(37(48)43-19-26-10-5-4-6-11-26)33-15-14-28(21-40-33)30-23-44-46(2)24-30/h4-6,10-11,14-15,21-24,27,31-32H,3,7-9,12-13,16-17,19-20,25H2,1-2H3,(H2-,39,41,42,43,45,48)/p+1/b47-34-. The molecule has 49 heavy (non-hydrogen) atoms. The Bertz CT molecular complexity index is 1770. The first-order chi connectivity index (χ1) is 24.0. The van der Waals surface area contributed by atoms with Gasteiger partial charge in [-0.05, 0) is 49.7 Å². The van der Waals surface area contributed by atoms with E-state index in [9.17, 15) is 10.1 Å². The number of aromatic nitrogens is 5. The van der Waals surface area contributed by atoms with E-state index in [1.165, 1.54) is 0 Å². The first-order valence-corrected chi connectivity index (χ1v) is 17.3. The summed E-state index contributed by atoms with van der Waals surface area (Å²) in [6.45, 7) is 5.54. The van der Waals surface area contributed by atoms with Crippen LogP contribution in [0.5, 0.6) is 0 Å². The normalized spacial score (nSPS) is 19.5. The predicted octanol–water partition coefficient (Wildman–Crippen LogP) is 5.92. The number of nitrogens with one attached hydrogen (secondary N) is 3. The molecule has 3 aromatic heterocycles. The van der Waals surface area contributed by atoms with Gasteiger partial charge in [-0.15, -0.1) is 4.98 Å². The van der Waals surface area contributed by atoms with Gasteiger partial charge >= 0.3 is 6.03 Å². The van der Waals surface area contributed by atoms with Gasteiger partial charge in [0.25, 0.3) is 5.82 Å². The summed E-state index contributed by atoms with van der Waals surface area (Å²) in [5.74, 6) is 2.62. The number of hydrogen-bond donors (Lipinski definition) is 3. The Morgan fingerprint density at radius 1 is 1.06 bits per heavy atom. The summed E-state index contributed by atoms with van der Waals surface area (Å²) >= 11 is 0. The lowest BCUT2D eigenvalue weighted by molar-refractivity contribution is -0.337. The van der Waals surface area contributed by atoms with Crippen molar-refractivity contribution in [3.05, 3.63) is 78.4 Å². The number of carbonyl (C=O) groups excluding carboxylic acids is 1. The zero-order valence-electron chi connectivity index (χ0n) is 28.3. The summed E-state index contributed by atoms with van der Waals surface area (Å²) in [7, 11) is 1.89. The number of aryl methyl sites for hydroxylation is 1.